The highest BCUT2D eigenvalue weighted by Gasteiger charge is 2.40. The van der Waals surface area contributed by atoms with Gasteiger partial charge in [0.05, 0.1) is 0 Å². The van der Waals surface area contributed by atoms with Gasteiger partial charge >= 0.3 is 0 Å². The van der Waals surface area contributed by atoms with E-state index in [-0.39, 0.29) is 0 Å². The molecule has 1 heterocycles. The van der Waals surface area contributed by atoms with E-state index < -0.39 is 0 Å². The standard InChI is InChI=1S/C17H24Cl2N2/c1-2-13-10-20-17(8-3-4-9-17)12-21(13)11-14-15(18)6-5-7-16(14)19/h5-7,13,20H,2-4,8-12H2,1H3. The first-order valence-corrected chi connectivity index (χ1v) is 8.81. The van der Waals surface area contributed by atoms with E-state index in [0.29, 0.717) is 11.6 Å². The minimum absolute atomic E-state index is 0.333. The Kier molecular flexibility index (Phi) is 4.80. The first-order chi connectivity index (χ1) is 10.1. The molecule has 2 nitrogen and oxygen atoms in total. The Balaban J connectivity index is 1.80. The molecule has 1 spiro atoms. The molecule has 1 aliphatic heterocycles. The van der Waals surface area contributed by atoms with Crippen molar-refractivity contribution in [1.29, 1.82) is 0 Å². The number of halogens is 2. The van der Waals surface area contributed by atoms with Gasteiger partial charge in [0, 0.05) is 46.8 Å². The Bertz CT molecular complexity index is 477. The molecule has 1 N–H and O–H groups in total. The molecule has 0 aromatic heterocycles. The van der Waals surface area contributed by atoms with Crippen LogP contribution in [-0.4, -0.2) is 29.6 Å². The van der Waals surface area contributed by atoms with Gasteiger partial charge < -0.3 is 5.32 Å². The van der Waals surface area contributed by atoms with Crippen LogP contribution in [-0.2, 0) is 6.54 Å². The second-order valence-corrected chi connectivity index (χ2v) is 7.35. The molecule has 2 aliphatic rings. The van der Waals surface area contributed by atoms with Gasteiger partial charge in [0.15, 0.2) is 0 Å². The Morgan fingerprint density at radius 2 is 1.90 bits per heavy atom. The summed E-state index contributed by atoms with van der Waals surface area (Å²) in [4.78, 5) is 2.59. The fourth-order valence-corrected chi connectivity index (χ4v) is 4.41. The van der Waals surface area contributed by atoms with Crippen LogP contribution in [0.25, 0.3) is 0 Å². The predicted molar refractivity (Wildman–Crippen MR) is 90.2 cm³/mol. The van der Waals surface area contributed by atoms with Crippen LogP contribution in [0.5, 0.6) is 0 Å². The maximum Gasteiger partial charge on any atom is 0.0465 e. The van der Waals surface area contributed by atoms with Gasteiger partial charge in [-0.1, -0.05) is 49.0 Å². The first-order valence-electron chi connectivity index (χ1n) is 8.05. The van der Waals surface area contributed by atoms with Gasteiger partial charge in [0.1, 0.15) is 0 Å². The van der Waals surface area contributed by atoms with Crippen molar-refractivity contribution in [2.45, 2.75) is 57.2 Å². The van der Waals surface area contributed by atoms with Crippen LogP contribution >= 0.6 is 23.2 Å². The summed E-state index contributed by atoms with van der Waals surface area (Å²) in [5.41, 5.74) is 1.41. The summed E-state index contributed by atoms with van der Waals surface area (Å²) in [6.07, 6.45) is 6.46. The van der Waals surface area contributed by atoms with Crippen molar-refractivity contribution in [3.8, 4) is 0 Å². The fraction of sp³-hybridized carbons (Fsp3) is 0.647. The molecule has 1 unspecified atom stereocenters. The number of nitrogens with one attached hydrogen (secondary N) is 1. The van der Waals surface area contributed by atoms with E-state index in [0.717, 1.165) is 41.7 Å². The molecule has 2 fully saturated rings. The lowest BCUT2D eigenvalue weighted by Crippen LogP contribution is -2.62. The van der Waals surface area contributed by atoms with E-state index in [4.69, 9.17) is 23.2 Å². The van der Waals surface area contributed by atoms with Gasteiger partial charge in [0.2, 0.25) is 0 Å². The third kappa shape index (κ3) is 3.24. The zero-order chi connectivity index (χ0) is 14.9. The average Bonchev–Trinajstić information content (AvgIpc) is 2.91. The maximum absolute atomic E-state index is 6.36. The summed E-state index contributed by atoms with van der Waals surface area (Å²) in [5.74, 6) is 0. The summed E-state index contributed by atoms with van der Waals surface area (Å²) in [6, 6.07) is 6.37. The molecule has 0 radical (unpaired) electrons. The molecular weight excluding hydrogens is 303 g/mol. The van der Waals surface area contributed by atoms with Crippen molar-refractivity contribution in [1.82, 2.24) is 10.2 Å². The van der Waals surface area contributed by atoms with Crippen molar-refractivity contribution in [3.05, 3.63) is 33.8 Å². The van der Waals surface area contributed by atoms with Gasteiger partial charge in [-0.15, -0.1) is 0 Å². The van der Waals surface area contributed by atoms with Crippen molar-refractivity contribution >= 4 is 23.2 Å². The number of hydrogen-bond donors (Lipinski definition) is 1. The molecule has 21 heavy (non-hydrogen) atoms. The van der Waals surface area contributed by atoms with Gasteiger partial charge in [-0.2, -0.15) is 0 Å². The van der Waals surface area contributed by atoms with Crippen molar-refractivity contribution < 1.29 is 0 Å². The molecule has 3 rings (SSSR count). The molecular formula is C17H24Cl2N2. The van der Waals surface area contributed by atoms with E-state index in [2.05, 4.69) is 17.1 Å². The third-order valence-electron chi connectivity index (χ3n) is 5.19. The predicted octanol–water partition coefficient (Wildman–Crippen LogP) is 4.49. The first kappa shape index (κ1) is 15.6. The Labute approximate surface area is 137 Å². The van der Waals surface area contributed by atoms with Crippen LogP contribution in [0.4, 0.5) is 0 Å². The molecule has 1 saturated heterocycles. The van der Waals surface area contributed by atoms with E-state index in [9.17, 15) is 0 Å². The van der Waals surface area contributed by atoms with Gasteiger partial charge in [0.25, 0.3) is 0 Å². The molecule has 0 bridgehead atoms. The lowest BCUT2D eigenvalue weighted by Gasteiger charge is -2.46. The summed E-state index contributed by atoms with van der Waals surface area (Å²) >= 11 is 12.7. The maximum atomic E-state index is 6.36. The Morgan fingerprint density at radius 1 is 1.24 bits per heavy atom. The molecule has 1 aliphatic carbocycles. The fourth-order valence-electron chi connectivity index (χ4n) is 3.90. The summed E-state index contributed by atoms with van der Waals surface area (Å²) in [6.45, 7) is 5.33. The topological polar surface area (TPSA) is 15.3 Å². The minimum atomic E-state index is 0.333. The highest BCUT2D eigenvalue weighted by Crippen LogP contribution is 2.35. The average molecular weight is 327 g/mol. The number of benzene rings is 1. The van der Waals surface area contributed by atoms with E-state index in [1.165, 1.54) is 25.7 Å². The highest BCUT2D eigenvalue weighted by atomic mass is 35.5. The van der Waals surface area contributed by atoms with Crippen LogP contribution in [0.15, 0.2) is 18.2 Å². The van der Waals surface area contributed by atoms with Gasteiger partial charge in [-0.3, -0.25) is 4.90 Å². The quantitative estimate of drug-likeness (QED) is 0.880. The molecule has 1 aromatic carbocycles. The van der Waals surface area contributed by atoms with Crippen LogP contribution in [0.2, 0.25) is 10.0 Å². The smallest absolute Gasteiger partial charge is 0.0465 e. The Morgan fingerprint density at radius 3 is 2.52 bits per heavy atom. The normalized spacial score (nSPS) is 25.6. The van der Waals surface area contributed by atoms with Crippen LogP contribution in [0, 0.1) is 0 Å². The number of rotatable bonds is 3. The molecule has 116 valence electrons. The zero-order valence-corrected chi connectivity index (χ0v) is 14.2. The van der Waals surface area contributed by atoms with Crippen molar-refractivity contribution in [2.75, 3.05) is 13.1 Å². The summed E-state index contributed by atoms with van der Waals surface area (Å²) in [7, 11) is 0. The highest BCUT2D eigenvalue weighted by molar-refractivity contribution is 6.35. The molecule has 1 aromatic rings. The van der Waals surface area contributed by atoms with E-state index in [1.54, 1.807) is 0 Å². The van der Waals surface area contributed by atoms with E-state index >= 15 is 0 Å². The SMILES string of the molecule is CCC1CNC2(CCCC2)CN1Cc1c(Cl)cccc1Cl. The molecule has 0 amide bonds. The van der Waals surface area contributed by atoms with Crippen LogP contribution in [0.1, 0.15) is 44.6 Å². The lowest BCUT2D eigenvalue weighted by atomic mass is 9.91. The molecule has 1 atom stereocenters. The van der Waals surface area contributed by atoms with Crippen LogP contribution < -0.4 is 5.32 Å². The van der Waals surface area contributed by atoms with Gasteiger partial charge in [-0.05, 0) is 31.4 Å². The van der Waals surface area contributed by atoms with E-state index in [1.807, 2.05) is 18.2 Å². The van der Waals surface area contributed by atoms with Gasteiger partial charge in [-0.25, -0.2) is 0 Å². The number of hydrogen-bond acceptors (Lipinski definition) is 2. The largest absolute Gasteiger partial charge is 0.308 e. The Hall–Kier alpha value is -0.280. The lowest BCUT2D eigenvalue weighted by molar-refractivity contribution is 0.0718. The van der Waals surface area contributed by atoms with Crippen LogP contribution in [0.3, 0.4) is 0 Å². The number of piperazine rings is 1. The second kappa shape index (κ2) is 6.45. The van der Waals surface area contributed by atoms with Crippen molar-refractivity contribution in [3.63, 3.8) is 0 Å². The summed E-state index contributed by atoms with van der Waals surface area (Å²) < 4.78 is 0. The monoisotopic (exact) mass is 326 g/mol. The molecule has 4 heteroatoms. The minimum Gasteiger partial charge on any atom is -0.308 e. The third-order valence-corrected chi connectivity index (χ3v) is 5.90. The molecule has 1 saturated carbocycles. The second-order valence-electron chi connectivity index (χ2n) is 6.54. The van der Waals surface area contributed by atoms with Crippen molar-refractivity contribution in [2.24, 2.45) is 0 Å². The number of nitrogens with zero attached hydrogens (tertiary/aromatic N) is 1. The summed E-state index contributed by atoms with van der Waals surface area (Å²) in [5, 5.41) is 5.41. The zero-order valence-electron chi connectivity index (χ0n) is 12.7.